The van der Waals surface area contributed by atoms with Crippen LogP contribution in [0.4, 0.5) is 0 Å². The van der Waals surface area contributed by atoms with Gasteiger partial charge in [0.2, 0.25) is 0 Å². The number of hydrogen-bond donors (Lipinski definition) is 1. The van der Waals surface area contributed by atoms with Gasteiger partial charge < -0.3 is 9.51 Å². The third-order valence-electron chi connectivity index (χ3n) is 1.65. The Hall–Kier alpha value is -1.22. The third kappa shape index (κ3) is 1.02. The van der Waals surface area contributed by atoms with Gasteiger partial charge in [0, 0.05) is 12.4 Å². The van der Waals surface area contributed by atoms with E-state index < -0.39 is 0 Å². The first-order chi connectivity index (χ1) is 5.81. The second-order valence-corrected chi connectivity index (χ2v) is 2.76. The Kier molecular flexibility index (Phi) is 1.66. The highest BCUT2D eigenvalue weighted by atomic mass is 35.5. The molecule has 1 N–H and O–H groups in total. The lowest BCUT2D eigenvalue weighted by atomic mass is 10.4. The molecular weight excluding hydrogens is 176 g/mol. The zero-order chi connectivity index (χ0) is 8.55. The maximum atomic E-state index is 9.35. The standard InChI is InChI=1S/C8H7ClN2O/c9-4-6-5-11-3-1-2-7(12)8(11)10-6/h1-3,5,12H,4H2. The van der Waals surface area contributed by atoms with E-state index in [0.29, 0.717) is 11.5 Å². The van der Waals surface area contributed by atoms with Crippen molar-refractivity contribution in [3.05, 3.63) is 30.2 Å². The Labute approximate surface area is 74.2 Å². The molecule has 0 saturated heterocycles. The van der Waals surface area contributed by atoms with Crippen LogP contribution in [-0.4, -0.2) is 14.5 Å². The van der Waals surface area contributed by atoms with E-state index in [4.69, 9.17) is 11.6 Å². The number of imidazole rings is 1. The van der Waals surface area contributed by atoms with Gasteiger partial charge >= 0.3 is 0 Å². The Morgan fingerprint density at radius 3 is 3.08 bits per heavy atom. The van der Waals surface area contributed by atoms with Crippen LogP contribution in [-0.2, 0) is 5.88 Å². The van der Waals surface area contributed by atoms with Crippen molar-refractivity contribution < 1.29 is 5.11 Å². The minimum Gasteiger partial charge on any atom is -0.504 e. The summed E-state index contributed by atoms with van der Waals surface area (Å²) in [6, 6.07) is 3.35. The molecule has 2 heterocycles. The summed E-state index contributed by atoms with van der Waals surface area (Å²) < 4.78 is 1.74. The molecule has 2 aromatic rings. The van der Waals surface area contributed by atoms with E-state index in [1.807, 2.05) is 6.20 Å². The van der Waals surface area contributed by atoms with E-state index >= 15 is 0 Å². The van der Waals surface area contributed by atoms with Gasteiger partial charge in [-0.2, -0.15) is 0 Å². The second kappa shape index (κ2) is 2.68. The molecule has 0 aliphatic rings. The number of halogens is 1. The molecule has 2 rings (SSSR count). The van der Waals surface area contributed by atoms with Crippen LogP contribution in [0.1, 0.15) is 5.69 Å². The number of alkyl halides is 1. The van der Waals surface area contributed by atoms with E-state index in [1.165, 1.54) is 0 Å². The minimum absolute atomic E-state index is 0.175. The first kappa shape index (κ1) is 7.43. The van der Waals surface area contributed by atoms with Gasteiger partial charge in [-0.3, -0.25) is 0 Å². The van der Waals surface area contributed by atoms with E-state index in [2.05, 4.69) is 4.98 Å². The van der Waals surface area contributed by atoms with Gasteiger partial charge in [-0.1, -0.05) is 0 Å². The average molecular weight is 183 g/mol. The first-order valence-electron chi connectivity index (χ1n) is 3.53. The van der Waals surface area contributed by atoms with Crippen LogP contribution in [0.5, 0.6) is 5.75 Å². The lowest BCUT2D eigenvalue weighted by Gasteiger charge is -1.92. The summed E-state index contributed by atoms with van der Waals surface area (Å²) in [4.78, 5) is 4.11. The van der Waals surface area contributed by atoms with Crippen LogP contribution in [0.2, 0.25) is 0 Å². The van der Waals surface area contributed by atoms with Gasteiger partial charge in [-0.15, -0.1) is 11.6 Å². The predicted octanol–water partition coefficient (Wildman–Crippen LogP) is 1.78. The molecule has 2 aromatic heterocycles. The maximum absolute atomic E-state index is 9.35. The molecule has 0 amide bonds. The molecule has 0 saturated carbocycles. The van der Waals surface area contributed by atoms with Crippen molar-refractivity contribution in [2.45, 2.75) is 5.88 Å². The number of aromatic nitrogens is 2. The average Bonchev–Trinajstić information content (AvgIpc) is 2.49. The summed E-state index contributed by atoms with van der Waals surface area (Å²) in [6.07, 6.45) is 3.61. The Balaban J connectivity index is 2.74. The largest absolute Gasteiger partial charge is 0.504 e. The van der Waals surface area contributed by atoms with E-state index in [9.17, 15) is 5.11 Å². The number of pyridine rings is 1. The summed E-state index contributed by atoms with van der Waals surface area (Å²) in [5, 5.41) is 9.35. The molecule has 3 nitrogen and oxygen atoms in total. The SMILES string of the molecule is Oc1cccn2cc(CCl)nc12. The van der Waals surface area contributed by atoms with Gasteiger partial charge in [-0.05, 0) is 12.1 Å². The van der Waals surface area contributed by atoms with Gasteiger partial charge in [0.25, 0.3) is 0 Å². The van der Waals surface area contributed by atoms with E-state index in [1.54, 1.807) is 22.7 Å². The molecular formula is C8H7ClN2O. The van der Waals surface area contributed by atoms with Crippen LogP contribution in [0.25, 0.3) is 5.65 Å². The topological polar surface area (TPSA) is 37.5 Å². The van der Waals surface area contributed by atoms with Crippen molar-refractivity contribution in [1.29, 1.82) is 0 Å². The normalized spacial score (nSPS) is 10.8. The van der Waals surface area contributed by atoms with Crippen LogP contribution in [0.15, 0.2) is 24.5 Å². The van der Waals surface area contributed by atoms with Gasteiger partial charge in [0.05, 0.1) is 11.6 Å². The Morgan fingerprint density at radius 2 is 2.42 bits per heavy atom. The lowest BCUT2D eigenvalue weighted by Crippen LogP contribution is -1.80. The van der Waals surface area contributed by atoms with Crippen LogP contribution < -0.4 is 0 Å². The fraction of sp³-hybridized carbons (Fsp3) is 0.125. The zero-order valence-corrected chi connectivity index (χ0v) is 6.99. The summed E-state index contributed by atoms with van der Waals surface area (Å²) in [5.41, 5.74) is 1.31. The Bertz CT molecular complexity index is 410. The van der Waals surface area contributed by atoms with Crippen molar-refractivity contribution in [2.24, 2.45) is 0 Å². The highest BCUT2D eigenvalue weighted by Crippen LogP contribution is 2.17. The summed E-state index contributed by atoms with van der Waals surface area (Å²) in [6.45, 7) is 0. The lowest BCUT2D eigenvalue weighted by molar-refractivity contribution is 0.477. The second-order valence-electron chi connectivity index (χ2n) is 2.49. The molecule has 0 aromatic carbocycles. The van der Waals surface area contributed by atoms with Gasteiger partial charge in [0.15, 0.2) is 11.4 Å². The van der Waals surface area contributed by atoms with Crippen molar-refractivity contribution in [3.63, 3.8) is 0 Å². The van der Waals surface area contributed by atoms with E-state index in [-0.39, 0.29) is 5.75 Å². The molecule has 0 radical (unpaired) electrons. The zero-order valence-electron chi connectivity index (χ0n) is 6.24. The van der Waals surface area contributed by atoms with Crippen molar-refractivity contribution in [2.75, 3.05) is 0 Å². The van der Waals surface area contributed by atoms with Crippen LogP contribution >= 0.6 is 11.6 Å². The Morgan fingerprint density at radius 1 is 1.58 bits per heavy atom. The molecule has 12 heavy (non-hydrogen) atoms. The van der Waals surface area contributed by atoms with E-state index in [0.717, 1.165) is 5.69 Å². The fourth-order valence-corrected chi connectivity index (χ4v) is 1.24. The molecule has 0 aliphatic heterocycles. The van der Waals surface area contributed by atoms with Gasteiger partial charge in [0.1, 0.15) is 0 Å². The quantitative estimate of drug-likeness (QED) is 0.683. The number of nitrogens with zero attached hydrogens (tertiary/aromatic N) is 2. The maximum Gasteiger partial charge on any atom is 0.179 e. The molecule has 0 atom stereocenters. The van der Waals surface area contributed by atoms with Crippen molar-refractivity contribution >= 4 is 17.2 Å². The van der Waals surface area contributed by atoms with Crippen LogP contribution in [0, 0.1) is 0 Å². The van der Waals surface area contributed by atoms with Crippen LogP contribution in [0.3, 0.4) is 0 Å². The molecule has 62 valence electrons. The molecule has 4 heteroatoms. The minimum atomic E-state index is 0.175. The highest BCUT2D eigenvalue weighted by Gasteiger charge is 2.02. The number of fused-ring (bicyclic) bond motifs is 1. The highest BCUT2D eigenvalue weighted by molar-refractivity contribution is 6.16. The van der Waals surface area contributed by atoms with Crippen molar-refractivity contribution in [3.8, 4) is 5.75 Å². The fourth-order valence-electron chi connectivity index (χ4n) is 1.11. The smallest absolute Gasteiger partial charge is 0.179 e. The number of hydrogen-bond acceptors (Lipinski definition) is 2. The number of rotatable bonds is 1. The molecule has 0 aliphatic carbocycles. The van der Waals surface area contributed by atoms with Gasteiger partial charge in [-0.25, -0.2) is 4.98 Å². The third-order valence-corrected chi connectivity index (χ3v) is 1.92. The monoisotopic (exact) mass is 182 g/mol. The first-order valence-corrected chi connectivity index (χ1v) is 4.06. The molecule has 0 unspecified atom stereocenters. The summed E-state index contributed by atoms with van der Waals surface area (Å²) >= 11 is 5.59. The summed E-state index contributed by atoms with van der Waals surface area (Å²) in [7, 11) is 0. The number of aromatic hydroxyl groups is 1. The van der Waals surface area contributed by atoms with Crippen molar-refractivity contribution in [1.82, 2.24) is 9.38 Å². The molecule has 0 spiro atoms. The predicted molar refractivity (Wildman–Crippen MR) is 46.4 cm³/mol. The molecule has 0 bridgehead atoms. The molecule has 0 fully saturated rings. The summed E-state index contributed by atoms with van der Waals surface area (Å²) in [5.74, 6) is 0.537.